The van der Waals surface area contributed by atoms with E-state index in [1.54, 1.807) is 17.3 Å². The molecule has 0 radical (unpaired) electrons. The van der Waals surface area contributed by atoms with Gasteiger partial charge in [-0.15, -0.1) is 0 Å². The van der Waals surface area contributed by atoms with E-state index in [9.17, 15) is 8.78 Å². The lowest BCUT2D eigenvalue weighted by Crippen LogP contribution is -2.33. The van der Waals surface area contributed by atoms with Crippen molar-refractivity contribution in [3.05, 3.63) is 29.6 Å². The highest BCUT2D eigenvalue weighted by molar-refractivity contribution is 5.38. The van der Waals surface area contributed by atoms with E-state index in [2.05, 4.69) is 24.9 Å². The molecule has 2 N–H and O–H groups in total. The molecule has 1 aliphatic rings. The largest absolute Gasteiger partial charge is 0.368 e. The van der Waals surface area contributed by atoms with Crippen LogP contribution < -0.4 is 10.6 Å². The summed E-state index contributed by atoms with van der Waals surface area (Å²) in [5.74, 6) is -0.684. The lowest BCUT2D eigenvalue weighted by atomic mass is 10.1. The number of halogens is 2. The molecule has 2 aromatic heterocycles. The molecule has 0 saturated heterocycles. The first-order chi connectivity index (χ1) is 9.63. The predicted octanol–water partition coefficient (Wildman–Crippen LogP) is 0.744. The average molecular weight is 279 g/mol. The molecule has 0 unspecified atom stereocenters. The van der Waals surface area contributed by atoms with E-state index in [0.717, 1.165) is 11.4 Å². The number of hydrogen-bond acceptors (Lipinski definition) is 7. The summed E-state index contributed by atoms with van der Waals surface area (Å²) in [6.45, 7) is 0.979. The maximum absolute atomic E-state index is 12.7. The summed E-state index contributed by atoms with van der Waals surface area (Å²) in [5.41, 5.74) is 7.14. The number of nitrogen functional groups attached to an aromatic ring is 1. The Morgan fingerprint density at radius 2 is 1.85 bits per heavy atom. The van der Waals surface area contributed by atoms with E-state index in [-0.39, 0.29) is 11.9 Å². The fourth-order valence-electron chi connectivity index (χ4n) is 2.04. The maximum Gasteiger partial charge on any atom is 0.297 e. The Hall–Kier alpha value is -2.45. The first kappa shape index (κ1) is 12.6. The van der Waals surface area contributed by atoms with Crippen molar-refractivity contribution in [2.24, 2.45) is 0 Å². The molecule has 0 aliphatic carbocycles. The van der Waals surface area contributed by atoms with E-state index in [4.69, 9.17) is 5.73 Å². The molecule has 2 aromatic rings. The SMILES string of the molecule is Nc1nc(C(F)F)nc(N2CCc3nccnc3C2)n1. The van der Waals surface area contributed by atoms with Gasteiger partial charge in [0, 0.05) is 25.4 Å². The van der Waals surface area contributed by atoms with Crippen LogP contribution in [0.15, 0.2) is 12.4 Å². The number of aromatic nitrogens is 5. The van der Waals surface area contributed by atoms with Gasteiger partial charge in [-0.2, -0.15) is 15.0 Å². The topological polar surface area (TPSA) is 93.7 Å². The Kier molecular flexibility index (Phi) is 3.09. The average Bonchev–Trinajstić information content (AvgIpc) is 2.46. The molecule has 0 saturated carbocycles. The summed E-state index contributed by atoms with van der Waals surface area (Å²) < 4.78 is 25.4. The van der Waals surface area contributed by atoms with Crippen LogP contribution in [0.4, 0.5) is 20.7 Å². The third-order valence-corrected chi connectivity index (χ3v) is 2.96. The zero-order valence-corrected chi connectivity index (χ0v) is 10.4. The van der Waals surface area contributed by atoms with Crippen LogP contribution in [0.1, 0.15) is 23.6 Å². The Bertz CT molecular complexity index is 634. The van der Waals surface area contributed by atoms with E-state index in [1.165, 1.54) is 0 Å². The molecule has 3 heterocycles. The molecule has 0 bridgehead atoms. The summed E-state index contributed by atoms with van der Waals surface area (Å²) in [4.78, 5) is 21.3. The number of nitrogens with two attached hydrogens (primary N) is 1. The second-order valence-electron chi connectivity index (χ2n) is 4.27. The molecule has 0 spiro atoms. The number of rotatable bonds is 2. The van der Waals surface area contributed by atoms with Crippen LogP contribution in [-0.2, 0) is 13.0 Å². The Morgan fingerprint density at radius 3 is 2.60 bits per heavy atom. The molecule has 9 heteroatoms. The smallest absolute Gasteiger partial charge is 0.297 e. The number of alkyl halides is 2. The summed E-state index contributed by atoms with van der Waals surface area (Å²) in [7, 11) is 0. The Balaban J connectivity index is 1.91. The molecular weight excluding hydrogens is 268 g/mol. The molecular formula is C11H11F2N7. The van der Waals surface area contributed by atoms with Crippen molar-refractivity contribution in [3.8, 4) is 0 Å². The Morgan fingerprint density at radius 1 is 1.10 bits per heavy atom. The van der Waals surface area contributed by atoms with Crippen LogP contribution in [0.2, 0.25) is 0 Å². The van der Waals surface area contributed by atoms with Gasteiger partial charge in [0.25, 0.3) is 6.43 Å². The van der Waals surface area contributed by atoms with Gasteiger partial charge in [-0.25, -0.2) is 8.78 Å². The van der Waals surface area contributed by atoms with Crippen molar-refractivity contribution < 1.29 is 8.78 Å². The van der Waals surface area contributed by atoms with E-state index in [1.807, 2.05) is 0 Å². The van der Waals surface area contributed by atoms with Gasteiger partial charge >= 0.3 is 0 Å². The molecule has 0 fully saturated rings. The second kappa shape index (κ2) is 4.91. The Labute approximate surface area is 112 Å². The lowest BCUT2D eigenvalue weighted by molar-refractivity contribution is 0.140. The highest BCUT2D eigenvalue weighted by Gasteiger charge is 2.22. The molecule has 7 nitrogen and oxygen atoms in total. The minimum atomic E-state index is -2.78. The minimum Gasteiger partial charge on any atom is -0.368 e. The zero-order chi connectivity index (χ0) is 14.1. The van der Waals surface area contributed by atoms with Gasteiger partial charge in [0.05, 0.1) is 17.9 Å². The molecule has 3 rings (SSSR count). The third-order valence-electron chi connectivity index (χ3n) is 2.96. The van der Waals surface area contributed by atoms with Crippen molar-refractivity contribution in [1.29, 1.82) is 0 Å². The zero-order valence-electron chi connectivity index (χ0n) is 10.4. The van der Waals surface area contributed by atoms with E-state index >= 15 is 0 Å². The van der Waals surface area contributed by atoms with Crippen LogP contribution in [0.5, 0.6) is 0 Å². The monoisotopic (exact) mass is 279 g/mol. The summed E-state index contributed by atoms with van der Waals surface area (Å²) in [6.07, 6.45) is 1.09. The standard InChI is InChI=1S/C11H11F2N7/c12-8(13)9-17-10(14)19-11(18-9)20-4-1-6-7(5-20)16-3-2-15-6/h2-3,8H,1,4-5H2,(H2,14,17,18,19). The van der Waals surface area contributed by atoms with Gasteiger partial charge in [-0.1, -0.05) is 0 Å². The highest BCUT2D eigenvalue weighted by Crippen LogP contribution is 2.22. The van der Waals surface area contributed by atoms with Crippen LogP contribution in [0.3, 0.4) is 0 Å². The number of fused-ring (bicyclic) bond motifs is 1. The van der Waals surface area contributed by atoms with Crippen molar-refractivity contribution in [3.63, 3.8) is 0 Å². The normalized spacial score (nSPS) is 14.4. The van der Waals surface area contributed by atoms with Gasteiger partial charge < -0.3 is 10.6 Å². The first-order valence-corrected chi connectivity index (χ1v) is 5.97. The van der Waals surface area contributed by atoms with Crippen LogP contribution in [0, 0.1) is 0 Å². The molecule has 0 atom stereocenters. The number of nitrogens with zero attached hydrogens (tertiary/aromatic N) is 6. The predicted molar refractivity (Wildman–Crippen MR) is 66.0 cm³/mol. The van der Waals surface area contributed by atoms with Crippen molar-refractivity contribution in [1.82, 2.24) is 24.9 Å². The van der Waals surface area contributed by atoms with E-state index < -0.39 is 12.2 Å². The van der Waals surface area contributed by atoms with Crippen molar-refractivity contribution in [2.45, 2.75) is 19.4 Å². The quantitative estimate of drug-likeness (QED) is 0.866. The van der Waals surface area contributed by atoms with E-state index in [0.29, 0.717) is 19.5 Å². The fraction of sp³-hybridized carbons (Fsp3) is 0.364. The summed E-state index contributed by atoms with van der Waals surface area (Å²) >= 11 is 0. The van der Waals surface area contributed by atoms with Gasteiger partial charge in [0.1, 0.15) is 0 Å². The van der Waals surface area contributed by atoms with Crippen LogP contribution in [0.25, 0.3) is 0 Å². The van der Waals surface area contributed by atoms with Gasteiger partial charge in [-0.3, -0.25) is 9.97 Å². The molecule has 0 amide bonds. The number of hydrogen-bond donors (Lipinski definition) is 1. The third kappa shape index (κ3) is 2.33. The summed E-state index contributed by atoms with van der Waals surface area (Å²) in [6, 6.07) is 0. The lowest BCUT2D eigenvalue weighted by Gasteiger charge is -2.27. The van der Waals surface area contributed by atoms with Gasteiger partial charge in [-0.05, 0) is 0 Å². The second-order valence-corrected chi connectivity index (χ2v) is 4.27. The minimum absolute atomic E-state index is 0.143. The highest BCUT2D eigenvalue weighted by atomic mass is 19.3. The molecule has 20 heavy (non-hydrogen) atoms. The molecule has 104 valence electrons. The van der Waals surface area contributed by atoms with Gasteiger partial charge in [0.2, 0.25) is 17.7 Å². The molecule has 1 aliphatic heterocycles. The maximum atomic E-state index is 12.7. The van der Waals surface area contributed by atoms with Crippen molar-refractivity contribution >= 4 is 11.9 Å². The van der Waals surface area contributed by atoms with Crippen LogP contribution in [-0.4, -0.2) is 31.5 Å². The first-order valence-electron chi connectivity index (χ1n) is 5.97. The van der Waals surface area contributed by atoms with Crippen LogP contribution >= 0.6 is 0 Å². The van der Waals surface area contributed by atoms with Gasteiger partial charge in [0.15, 0.2) is 0 Å². The fourth-order valence-corrected chi connectivity index (χ4v) is 2.04. The summed E-state index contributed by atoms with van der Waals surface area (Å²) in [5, 5.41) is 0. The van der Waals surface area contributed by atoms with Crippen molar-refractivity contribution in [2.75, 3.05) is 17.2 Å². The number of anilines is 2. The molecule has 0 aromatic carbocycles.